The lowest BCUT2D eigenvalue weighted by Gasteiger charge is -2.08. The number of hydrogen-bond donors (Lipinski definition) is 3. The molecule has 0 bridgehead atoms. The van der Waals surface area contributed by atoms with Crippen LogP contribution in [0.1, 0.15) is 13.3 Å². The monoisotopic (exact) mass is 349 g/mol. The highest BCUT2D eigenvalue weighted by molar-refractivity contribution is 9.10. The van der Waals surface area contributed by atoms with E-state index >= 15 is 0 Å². The minimum atomic E-state index is -3.72. The Hall–Kier alpha value is -1.12. The van der Waals surface area contributed by atoms with Crippen LogP contribution in [0.5, 0.6) is 0 Å². The van der Waals surface area contributed by atoms with E-state index < -0.39 is 10.0 Å². The van der Waals surface area contributed by atoms with Gasteiger partial charge in [-0.3, -0.25) is 4.79 Å². The topological polar surface area (TPSA) is 101 Å². The first-order valence-corrected chi connectivity index (χ1v) is 7.96. The Bertz CT molecular complexity index is 560. The number of rotatable bonds is 6. The van der Waals surface area contributed by atoms with Crippen molar-refractivity contribution in [2.24, 2.45) is 0 Å². The largest absolute Gasteiger partial charge is 0.398 e. The van der Waals surface area contributed by atoms with Gasteiger partial charge in [0.15, 0.2) is 0 Å². The zero-order chi connectivity index (χ0) is 14.5. The van der Waals surface area contributed by atoms with Crippen molar-refractivity contribution in [2.45, 2.75) is 18.2 Å². The molecular formula is C11H16BrN3O3S. The van der Waals surface area contributed by atoms with Crippen molar-refractivity contribution >= 4 is 37.5 Å². The molecule has 0 fully saturated rings. The smallest absolute Gasteiger partial charge is 0.241 e. The van der Waals surface area contributed by atoms with E-state index in [2.05, 4.69) is 26.0 Å². The van der Waals surface area contributed by atoms with Gasteiger partial charge >= 0.3 is 0 Å². The number of nitrogens with one attached hydrogen (secondary N) is 2. The van der Waals surface area contributed by atoms with Gasteiger partial charge in [-0.2, -0.15) is 0 Å². The predicted molar refractivity (Wildman–Crippen MR) is 77.0 cm³/mol. The van der Waals surface area contributed by atoms with Gasteiger partial charge in [0, 0.05) is 16.7 Å². The first-order valence-electron chi connectivity index (χ1n) is 5.68. The second-order valence-corrected chi connectivity index (χ2v) is 6.48. The fourth-order valence-electron chi connectivity index (χ4n) is 1.25. The van der Waals surface area contributed by atoms with Gasteiger partial charge in [0.25, 0.3) is 0 Å². The van der Waals surface area contributed by atoms with Gasteiger partial charge in [0.05, 0.1) is 11.4 Å². The number of anilines is 1. The molecule has 0 atom stereocenters. The molecule has 0 aromatic heterocycles. The third-order valence-electron chi connectivity index (χ3n) is 2.28. The Morgan fingerprint density at radius 3 is 2.68 bits per heavy atom. The maximum absolute atomic E-state index is 11.9. The Morgan fingerprint density at radius 2 is 2.11 bits per heavy atom. The lowest BCUT2D eigenvalue weighted by atomic mass is 10.3. The lowest BCUT2D eigenvalue weighted by molar-refractivity contribution is -0.119. The van der Waals surface area contributed by atoms with Crippen molar-refractivity contribution < 1.29 is 13.2 Å². The Balaban J connectivity index is 2.70. The number of nitrogens with two attached hydrogens (primary N) is 1. The first-order chi connectivity index (χ1) is 8.86. The lowest BCUT2D eigenvalue weighted by Crippen LogP contribution is -2.37. The molecule has 0 saturated heterocycles. The van der Waals surface area contributed by atoms with Crippen LogP contribution < -0.4 is 15.8 Å². The maximum Gasteiger partial charge on any atom is 0.241 e. The van der Waals surface area contributed by atoms with Crippen LogP contribution >= 0.6 is 15.9 Å². The number of sulfonamides is 1. The Morgan fingerprint density at radius 1 is 1.42 bits per heavy atom. The molecule has 4 N–H and O–H groups in total. The number of nitrogen functional groups attached to an aromatic ring is 1. The molecule has 8 heteroatoms. The zero-order valence-corrected chi connectivity index (χ0v) is 12.8. The minimum Gasteiger partial charge on any atom is -0.398 e. The molecule has 0 unspecified atom stereocenters. The number of benzene rings is 1. The van der Waals surface area contributed by atoms with E-state index in [1.807, 2.05) is 6.92 Å². The second kappa shape index (κ2) is 6.88. The average molecular weight is 350 g/mol. The number of hydrogen-bond acceptors (Lipinski definition) is 4. The summed E-state index contributed by atoms with van der Waals surface area (Å²) in [7, 11) is -3.72. The van der Waals surface area contributed by atoms with Crippen LogP contribution in [-0.4, -0.2) is 27.4 Å². The van der Waals surface area contributed by atoms with Crippen molar-refractivity contribution in [1.82, 2.24) is 10.0 Å². The van der Waals surface area contributed by atoms with Gasteiger partial charge in [-0.15, -0.1) is 0 Å². The molecule has 0 heterocycles. The highest BCUT2D eigenvalue weighted by Gasteiger charge is 2.16. The summed E-state index contributed by atoms with van der Waals surface area (Å²) in [6.45, 7) is 2.15. The number of carbonyl (C=O) groups is 1. The Labute approximate surface area is 120 Å². The van der Waals surface area contributed by atoms with Crippen LogP contribution in [0.2, 0.25) is 0 Å². The summed E-state index contributed by atoms with van der Waals surface area (Å²) in [5, 5.41) is 2.58. The van der Waals surface area contributed by atoms with Crippen LogP contribution in [0.25, 0.3) is 0 Å². The SMILES string of the molecule is CCCNC(=O)CNS(=O)(=O)c1ccc(N)c(Br)c1. The molecule has 106 valence electrons. The molecule has 1 rings (SSSR count). The third kappa shape index (κ3) is 4.81. The second-order valence-electron chi connectivity index (χ2n) is 3.86. The van der Waals surface area contributed by atoms with Crippen LogP contribution in [-0.2, 0) is 14.8 Å². The summed E-state index contributed by atoms with van der Waals surface area (Å²) in [5.74, 6) is -0.361. The number of amides is 1. The van der Waals surface area contributed by atoms with E-state index in [0.29, 0.717) is 16.7 Å². The van der Waals surface area contributed by atoms with Crippen molar-refractivity contribution in [1.29, 1.82) is 0 Å². The molecule has 0 aliphatic heterocycles. The molecule has 19 heavy (non-hydrogen) atoms. The predicted octanol–water partition coefficient (Wildman–Crippen LogP) is 0.836. The van der Waals surface area contributed by atoms with Crippen LogP contribution in [0, 0.1) is 0 Å². The van der Waals surface area contributed by atoms with Gasteiger partial charge in [-0.05, 0) is 40.5 Å². The highest BCUT2D eigenvalue weighted by Crippen LogP contribution is 2.22. The van der Waals surface area contributed by atoms with Crippen molar-refractivity contribution in [3.8, 4) is 0 Å². The molecule has 6 nitrogen and oxygen atoms in total. The Kier molecular flexibility index (Phi) is 5.77. The van der Waals surface area contributed by atoms with E-state index in [9.17, 15) is 13.2 Å². The standard InChI is InChI=1S/C11H16BrN3O3S/c1-2-5-14-11(16)7-15-19(17,18)8-3-4-10(13)9(12)6-8/h3-4,6,15H,2,5,7,13H2,1H3,(H,14,16). The summed E-state index contributed by atoms with van der Waals surface area (Å²) in [4.78, 5) is 11.4. The van der Waals surface area contributed by atoms with E-state index in [1.54, 1.807) is 0 Å². The molecule has 0 aliphatic carbocycles. The normalized spacial score (nSPS) is 11.3. The van der Waals surface area contributed by atoms with Gasteiger partial charge in [0.1, 0.15) is 0 Å². The minimum absolute atomic E-state index is 0.0527. The van der Waals surface area contributed by atoms with Gasteiger partial charge in [-0.1, -0.05) is 6.92 Å². The molecular weight excluding hydrogens is 334 g/mol. The molecule has 0 saturated carbocycles. The van der Waals surface area contributed by atoms with Crippen LogP contribution in [0.4, 0.5) is 5.69 Å². The van der Waals surface area contributed by atoms with Crippen LogP contribution in [0.3, 0.4) is 0 Å². The van der Waals surface area contributed by atoms with Gasteiger partial charge in [-0.25, -0.2) is 13.1 Å². The number of carbonyl (C=O) groups excluding carboxylic acids is 1. The quantitative estimate of drug-likeness (QED) is 0.662. The van der Waals surface area contributed by atoms with Crippen molar-refractivity contribution in [3.05, 3.63) is 22.7 Å². The average Bonchev–Trinajstić information content (AvgIpc) is 2.37. The van der Waals surface area contributed by atoms with E-state index in [1.165, 1.54) is 18.2 Å². The molecule has 0 radical (unpaired) electrons. The summed E-state index contributed by atoms with van der Waals surface area (Å²) in [6, 6.07) is 4.25. The number of halogens is 1. The first kappa shape index (κ1) is 15.9. The highest BCUT2D eigenvalue weighted by atomic mass is 79.9. The maximum atomic E-state index is 11.9. The summed E-state index contributed by atoms with van der Waals surface area (Å²) < 4.78 is 26.6. The zero-order valence-electron chi connectivity index (χ0n) is 10.4. The fraction of sp³-hybridized carbons (Fsp3) is 0.364. The summed E-state index contributed by atoms with van der Waals surface area (Å²) >= 11 is 3.16. The van der Waals surface area contributed by atoms with Crippen molar-refractivity contribution in [3.63, 3.8) is 0 Å². The van der Waals surface area contributed by atoms with E-state index in [0.717, 1.165) is 6.42 Å². The molecule has 0 aliphatic rings. The molecule has 1 aromatic rings. The van der Waals surface area contributed by atoms with Gasteiger partial charge < -0.3 is 11.1 Å². The van der Waals surface area contributed by atoms with E-state index in [4.69, 9.17) is 5.73 Å². The van der Waals surface area contributed by atoms with Crippen LogP contribution in [0.15, 0.2) is 27.6 Å². The van der Waals surface area contributed by atoms with Crippen molar-refractivity contribution in [2.75, 3.05) is 18.8 Å². The summed E-state index contributed by atoms with van der Waals surface area (Å²) in [6.07, 6.45) is 0.795. The van der Waals surface area contributed by atoms with Gasteiger partial charge in [0.2, 0.25) is 15.9 Å². The molecule has 1 amide bonds. The molecule has 1 aromatic carbocycles. The fourth-order valence-corrected chi connectivity index (χ4v) is 2.78. The molecule has 0 spiro atoms. The van der Waals surface area contributed by atoms with E-state index in [-0.39, 0.29) is 17.3 Å². The summed E-state index contributed by atoms with van der Waals surface area (Å²) in [5.41, 5.74) is 6.03. The third-order valence-corrected chi connectivity index (χ3v) is 4.36.